The van der Waals surface area contributed by atoms with Crippen LogP contribution in [0, 0.1) is 5.92 Å². The van der Waals surface area contributed by atoms with Crippen LogP contribution in [0.3, 0.4) is 0 Å². The Labute approximate surface area is 146 Å². The number of carbonyl (C=O) groups excluding carboxylic acids is 1. The molecule has 6 nitrogen and oxygen atoms in total. The van der Waals surface area contributed by atoms with Crippen molar-refractivity contribution >= 4 is 16.8 Å². The summed E-state index contributed by atoms with van der Waals surface area (Å²) in [7, 11) is 0. The van der Waals surface area contributed by atoms with E-state index in [1.807, 2.05) is 35.2 Å². The number of carbonyl (C=O) groups is 1. The molecule has 1 aliphatic heterocycles. The second-order valence-corrected chi connectivity index (χ2v) is 7.13. The second kappa shape index (κ2) is 6.35. The zero-order valence-electron chi connectivity index (χ0n) is 14.6. The van der Waals surface area contributed by atoms with Gasteiger partial charge in [0.05, 0.1) is 0 Å². The third kappa shape index (κ3) is 3.04. The van der Waals surface area contributed by atoms with Gasteiger partial charge in [0.1, 0.15) is 17.8 Å². The Morgan fingerprint density at radius 2 is 2.20 bits per heavy atom. The number of hydrogen-bond acceptors (Lipinski definition) is 3. The minimum absolute atomic E-state index is 0.0871. The first-order chi connectivity index (χ1) is 12.1. The van der Waals surface area contributed by atoms with Crippen LogP contribution in [0.15, 0.2) is 36.7 Å². The summed E-state index contributed by atoms with van der Waals surface area (Å²) in [6.07, 6.45) is 3.67. The lowest BCUT2D eigenvalue weighted by Gasteiger charge is -2.16. The number of rotatable bonds is 4. The van der Waals surface area contributed by atoms with E-state index in [0.29, 0.717) is 17.7 Å². The van der Waals surface area contributed by atoms with Crippen LogP contribution in [-0.2, 0) is 6.42 Å². The highest BCUT2D eigenvalue weighted by atomic mass is 16.2. The topological polar surface area (TPSA) is 66.8 Å². The predicted molar refractivity (Wildman–Crippen MR) is 96.4 cm³/mol. The molecular formula is C19H23N5O. The fraction of sp³-hybridized carbons (Fsp3) is 0.421. The van der Waals surface area contributed by atoms with Crippen molar-refractivity contribution in [3.05, 3.63) is 48.2 Å². The molecule has 0 saturated carbocycles. The Kier molecular flexibility index (Phi) is 4.03. The Morgan fingerprint density at radius 1 is 1.36 bits per heavy atom. The first-order valence-electron chi connectivity index (χ1n) is 8.87. The lowest BCUT2D eigenvalue weighted by molar-refractivity contribution is 0.0782. The third-order valence-electron chi connectivity index (χ3n) is 5.01. The summed E-state index contributed by atoms with van der Waals surface area (Å²) in [6.45, 7) is 5.84. The average molecular weight is 337 g/mol. The van der Waals surface area contributed by atoms with E-state index in [9.17, 15) is 4.79 Å². The molecule has 1 N–H and O–H groups in total. The normalized spacial score (nSPS) is 17.7. The maximum absolute atomic E-state index is 12.8. The number of benzene rings is 1. The first kappa shape index (κ1) is 15.9. The summed E-state index contributed by atoms with van der Waals surface area (Å²) < 4.78 is 2.11. The highest BCUT2D eigenvalue weighted by Gasteiger charge is 2.29. The van der Waals surface area contributed by atoms with Gasteiger partial charge in [-0.05, 0) is 38.3 Å². The van der Waals surface area contributed by atoms with E-state index in [1.54, 1.807) is 6.33 Å². The van der Waals surface area contributed by atoms with E-state index in [2.05, 4.69) is 33.6 Å². The molecule has 3 heterocycles. The van der Waals surface area contributed by atoms with Gasteiger partial charge in [-0.25, -0.2) is 0 Å². The van der Waals surface area contributed by atoms with Gasteiger partial charge in [0.25, 0.3) is 5.91 Å². The first-order valence-corrected chi connectivity index (χ1v) is 8.87. The van der Waals surface area contributed by atoms with Gasteiger partial charge in [0, 0.05) is 36.5 Å². The standard InChI is InChI=1S/C19H23N5O/c1-13(2)24-12-20-22-18(24)9-14-7-8-23(11-14)19(25)17-10-15-5-3-4-6-16(15)21-17/h3-6,10,12-14,21H,7-9,11H2,1-2H3. The molecule has 0 spiro atoms. The van der Waals surface area contributed by atoms with Crippen LogP contribution in [0.4, 0.5) is 0 Å². The van der Waals surface area contributed by atoms with Crippen LogP contribution in [0.1, 0.15) is 42.6 Å². The Bertz CT molecular complexity index is 861. The number of hydrogen-bond donors (Lipinski definition) is 1. The van der Waals surface area contributed by atoms with Crippen molar-refractivity contribution in [1.82, 2.24) is 24.6 Å². The summed E-state index contributed by atoms with van der Waals surface area (Å²) in [4.78, 5) is 18.0. The molecule has 0 aliphatic carbocycles. The zero-order valence-corrected chi connectivity index (χ0v) is 14.6. The molecule has 1 fully saturated rings. The quantitative estimate of drug-likeness (QED) is 0.796. The van der Waals surface area contributed by atoms with E-state index in [0.717, 1.165) is 42.7 Å². The van der Waals surface area contributed by atoms with Crippen LogP contribution in [0.2, 0.25) is 0 Å². The molecule has 1 aromatic carbocycles. The molecule has 6 heteroatoms. The number of aromatic nitrogens is 4. The largest absolute Gasteiger partial charge is 0.351 e. The summed E-state index contributed by atoms with van der Waals surface area (Å²) in [5, 5.41) is 9.38. The summed E-state index contributed by atoms with van der Waals surface area (Å²) in [6, 6.07) is 10.3. The highest BCUT2D eigenvalue weighted by Crippen LogP contribution is 2.24. The maximum Gasteiger partial charge on any atom is 0.270 e. The van der Waals surface area contributed by atoms with E-state index in [4.69, 9.17) is 0 Å². The summed E-state index contributed by atoms with van der Waals surface area (Å²) >= 11 is 0. The van der Waals surface area contributed by atoms with Gasteiger partial charge in [-0.2, -0.15) is 0 Å². The average Bonchev–Trinajstić information content (AvgIpc) is 3.33. The predicted octanol–water partition coefficient (Wildman–Crippen LogP) is 3.05. The van der Waals surface area contributed by atoms with Crippen molar-refractivity contribution in [1.29, 1.82) is 0 Å². The van der Waals surface area contributed by atoms with Gasteiger partial charge < -0.3 is 14.5 Å². The maximum atomic E-state index is 12.8. The van der Waals surface area contributed by atoms with E-state index < -0.39 is 0 Å². The third-order valence-corrected chi connectivity index (χ3v) is 5.01. The SMILES string of the molecule is CC(C)n1cnnc1CC1CCN(C(=O)c2cc3ccccc3[nH]2)C1. The molecule has 2 aromatic heterocycles. The molecule has 25 heavy (non-hydrogen) atoms. The molecule has 130 valence electrons. The lowest BCUT2D eigenvalue weighted by atomic mass is 10.0. The van der Waals surface area contributed by atoms with Crippen LogP contribution in [-0.4, -0.2) is 43.6 Å². The van der Waals surface area contributed by atoms with Crippen molar-refractivity contribution < 1.29 is 4.79 Å². The number of amides is 1. The Morgan fingerprint density at radius 3 is 3.00 bits per heavy atom. The second-order valence-electron chi connectivity index (χ2n) is 7.13. The van der Waals surface area contributed by atoms with Crippen molar-refractivity contribution in [3.63, 3.8) is 0 Å². The molecule has 4 rings (SSSR count). The number of fused-ring (bicyclic) bond motifs is 1. The van der Waals surface area contributed by atoms with Crippen LogP contribution in [0.5, 0.6) is 0 Å². The van der Waals surface area contributed by atoms with Crippen LogP contribution >= 0.6 is 0 Å². The molecule has 1 saturated heterocycles. The van der Waals surface area contributed by atoms with Crippen LogP contribution in [0.25, 0.3) is 10.9 Å². The van der Waals surface area contributed by atoms with Crippen molar-refractivity contribution in [2.45, 2.75) is 32.7 Å². The molecule has 1 unspecified atom stereocenters. The van der Waals surface area contributed by atoms with E-state index in [-0.39, 0.29) is 5.91 Å². The summed E-state index contributed by atoms with van der Waals surface area (Å²) in [5.74, 6) is 1.54. The van der Waals surface area contributed by atoms with Crippen molar-refractivity contribution in [3.8, 4) is 0 Å². The fourth-order valence-corrected chi connectivity index (χ4v) is 3.64. The molecule has 0 bridgehead atoms. The number of likely N-dealkylation sites (tertiary alicyclic amines) is 1. The number of nitrogens with zero attached hydrogens (tertiary/aromatic N) is 4. The Balaban J connectivity index is 1.44. The number of nitrogens with one attached hydrogen (secondary N) is 1. The molecule has 3 aromatic rings. The van der Waals surface area contributed by atoms with Gasteiger partial charge in [-0.1, -0.05) is 18.2 Å². The van der Waals surface area contributed by atoms with E-state index >= 15 is 0 Å². The monoisotopic (exact) mass is 337 g/mol. The number of para-hydroxylation sites is 1. The molecule has 0 radical (unpaired) electrons. The summed E-state index contributed by atoms with van der Waals surface area (Å²) in [5.41, 5.74) is 1.68. The number of aromatic amines is 1. The molecule has 1 atom stereocenters. The van der Waals surface area contributed by atoms with Crippen LogP contribution < -0.4 is 0 Å². The molecule has 1 aliphatic rings. The van der Waals surface area contributed by atoms with Gasteiger partial charge in [0.15, 0.2) is 0 Å². The van der Waals surface area contributed by atoms with Gasteiger partial charge in [-0.15, -0.1) is 10.2 Å². The minimum Gasteiger partial charge on any atom is -0.351 e. The smallest absolute Gasteiger partial charge is 0.270 e. The zero-order chi connectivity index (χ0) is 17.4. The van der Waals surface area contributed by atoms with Crippen molar-refractivity contribution in [2.75, 3.05) is 13.1 Å². The Hall–Kier alpha value is -2.63. The molecular weight excluding hydrogens is 314 g/mol. The lowest BCUT2D eigenvalue weighted by Crippen LogP contribution is -2.29. The van der Waals surface area contributed by atoms with Gasteiger partial charge >= 0.3 is 0 Å². The highest BCUT2D eigenvalue weighted by molar-refractivity contribution is 5.98. The van der Waals surface area contributed by atoms with Gasteiger partial charge in [-0.3, -0.25) is 4.79 Å². The minimum atomic E-state index is 0.0871. The molecule has 1 amide bonds. The van der Waals surface area contributed by atoms with Gasteiger partial charge in [0.2, 0.25) is 0 Å². The fourth-order valence-electron chi connectivity index (χ4n) is 3.64. The van der Waals surface area contributed by atoms with Crippen molar-refractivity contribution in [2.24, 2.45) is 5.92 Å². The van der Waals surface area contributed by atoms with E-state index in [1.165, 1.54) is 0 Å². The number of H-pyrrole nitrogens is 1.